The summed E-state index contributed by atoms with van der Waals surface area (Å²) in [6.45, 7) is 5.87. The van der Waals surface area contributed by atoms with Crippen molar-refractivity contribution in [1.82, 2.24) is 39.1 Å². The van der Waals surface area contributed by atoms with E-state index in [1.54, 1.807) is 31.2 Å². The van der Waals surface area contributed by atoms with E-state index in [2.05, 4.69) is 25.8 Å². The highest BCUT2D eigenvalue weighted by Gasteiger charge is 2.29. The maximum Gasteiger partial charge on any atom is 0.309 e. The lowest BCUT2D eigenvalue weighted by Crippen LogP contribution is -2.38. The number of nitrogens with zero attached hydrogens (tertiary/aromatic N) is 7. The van der Waals surface area contributed by atoms with Crippen LogP contribution in [0.1, 0.15) is 61.3 Å². The second kappa shape index (κ2) is 19.4. The molecule has 1 aliphatic heterocycles. The fourth-order valence-electron chi connectivity index (χ4n) is 7.66. The third-order valence-corrected chi connectivity index (χ3v) is 11.8. The first-order valence-electron chi connectivity index (χ1n) is 20.6. The molecule has 3 aromatic heterocycles. The lowest BCUT2D eigenvalue weighted by molar-refractivity contribution is -0.153. The number of aliphatic hydroxyl groups is 1. The van der Waals surface area contributed by atoms with Gasteiger partial charge in [0.2, 0.25) is 11.6 Å². The van der Waals surface area contributed by atoms with Gasteiger partial charge in [0, 0.05) is 35.3 Å². The zero-order valence-electron chi connectivity index (χ0n) is 35.6. The lowest BCUT2D eigenvalue weighted by Gasteiger charge is -2.31. The number of halogens is 4. The quantitative estimate of drug-likeness (QED) is 0.0701. The van der Waals surface area contributed by atoms with Gasteiger partial charge in [-0.15, -0.1) is 10.2 Å². The smallest absolute Gasteiger partial charge is 0.309 e. The van der Waals surface area contributed by atoms with Crippen molar-refractivity contribution < 1.29 is 42.8 Å². The largest absolute Gasteiger partial charge is 0.508 e. The molecule has 3 aromatic carbocycles. The minimum absolute atomic E-state index is 0.0593. The van der Waals surface area contributed by atoms with Crippen molar-refractivity contribution in [1.29, 1.82) is 0 Å². The summed E-state index contributed by atoms with van der Waals surface area (Å²) in [5.74, 6) is -4.96. The summed E-state index contributed by atoms with van der Waals surface area (Å²) in [4.78, 5) is 58.6. The molecule has 0 saturated carbocycles. The Morgan fingerprint density at radius 2 is 1.71 bits per heavy atom. The number of phenolic OH excluding ortho intramolecular Hbond substituents is 2. The van der Waals surface area contributed by atoms with Gasteiger partial charge in [0.15, 0.2) is 11.5 Å². The first kappa shape index (κ1) is 46.7. The summed E-state index contributed by atoms with van der Waals surface area (Å²) in [5, 5.41) is 45.2. The normalized spacial score (nSPS) is 13.9. The van der Waals surface area contributed by atoms with Crippen LogP contribution in [0.5, 0.6) is 11.5 Å². The number of phenols is 2. The van der Waals surface area contributed by atoms with Crippen LogP contribution in [-0.4, -0.2) is 93.3 Å². The molecule has 17 nitrogen and oxygen atoms in total. The third kappa shape index (κ3) is 9.71. The molecular formula is C44H45F3IN9O8. The van der Waals surface area contributed by atoms with Crippen molar-refractivity contribution in [3.63, 3.8) is 0 Å². The molecule has 1 saturated heterocycles. The van der Waals surface area contributed by atoms with Crippen LogP contribution in [0.2, 0.25) is 0 Å². The Morgan fingerprint density at radius 3 is 2.38 bits per heavy atom. The number of anilines is 2. The Balaban J connectivity index is 0.988. The predicted molar refractivity (Wildman–Crippen MR) is 241 cm³/mol. The number of carbonyl (C=O) groups is 2. The first-order chi connectivity index (χ1) is 31.0. The summed E-state index contributed by atoms with van der Waals surface area (Å²) in [7, 11) is 1.23. The van der Waals surface area contributed by atoms with Gasteiger partial charge < -0.3 is 30.7 Å². The van der Waals surface area contributed by atoms with E-state index in [1.807, 2.05) is 41.3 Å². The molecule has 0 unspecified atom stereocenters. The Bertz CT molecular complexity index is 2930. The minimum Gasteiger partial charge on any atom is -0.508 e. The zero-order chi connectivity index (χ0) is 46.9. The molecule has 1 fully saturated rings. The Hall–Kier alpha value is -6.33. The molecule has 7 rings (SSSR count). The molecule has 1 aliphatic rings. The van der Waals surface area contributed by atoms with Crippen LogP contribution in [-0.2, 0) is 29.7 Å². The second-order valence-corrected chi connectivity index (χ2v) is 17.2. The van der Waals surface area contributed by atoms with Gasteiger partial charge in [-0.25, -0.2) is 13.8 Å². The van der Waals surface area contributed by atoms with Crippen LogP contribution in [0, 0.1) is 26.9 Å². The number of piperidine rings is 1. The van der Waals surface area contributed by atoms with Gasteiger partial charge in [-0.05, 0) is 103 Å². The number of aromatic nitrogens is 6. The van der Waals surface area contributed by atoms with E-state index in [-0.39, 0.29) is 70.1 Å². The fourth-order valence-corrected chi connectivity index (χ4v) is 8.11. The number of nitrogens with one attached hydrogen (secondary N) is 2. The Morgan fingerprint density at radius 1 is 0.969 bits per heavy atom. The number of benzene rings is 3. The average Bonchev–Trinajstić information content (AvgIpc) is 3.71. The molecule has 1 atom stereocenters. The molecule has 5 N–H and O–H groups in total. The number of carbonyl (C=O) groups excluding carboxylic acids is 2. The van der Waals surface area contributed by atoms with Gasteiger partial charge >= 0.3 is 5.97 Å². The maximum absolute atomic E-state index is 15.9. The zero-order valence-corrected chi connectivity index (χ0v) is 37.8. The standard InChI is InChI=1S/C44H45F3IN9O8/c1-5-49-41(61)40-53-52-38(29-16-28(22(2)3)33(59)17-34(29)60)57(40)26-8-6-24(30(45)15-26)18-55-12-10-23(11-13-55)44(64)65-20-27(58)19-56-21-50-39-35(42(56)62)37(36(47)43(63)54(39)4)51-32-9-7-25(48)14-31(32)46/h6-9,14-17,21-23,27,51,58-60H,5,10-13,18-20H2,1-4H3,(H,49,61)/t27-/m1/s1. The summed E-state index contributed by atoms with van der Waals surface area (Å²) in [5.41, 5.74) is -1.62. The van der Waals surface area contributed by atoms with E-state index in [0.717, 1.165) is 15.5 Å². The van der Waals surface area contributed by atoms with Gasteiger partial charge in [0.1, 0.15) is 47.6 Å². The lowest BCUT2D eigenvalue weighted by atomic mass is 9.96. The Labute approximate surface area is 382 Å². The number of amides is 1. The van der Waals surface area contributed by atoms with Crippen LogP contribution in [0.4, 0.5) is 24.5 Å². The number of hydrogen-bond donors (Lipinski definition) is 5. The summed E-state index contributed by atoms with van der Waals surface area (Å²) >= 11 is 1.90. The summed E-state index contributed by atoms with van der Waals surface area (Å²) in [6, 6.07) is 11.2. The number of aliphatic hydroxyl groups excluding tert-OH is 1. The summed E-state index contributed by atoms with van der Waals surface area (Å²) in [6.07, 6.45) is 0.423. The van der Waals surface area contributed by atoms with Crippen LogP contribution >= 0.6 is 22.6 Å². The molecule has 342 valence electrons. The molecular weight excluding hydrogens is 966 g/mol. The van der Waals surface area contributed by atoms with Gasteiger partial charge in [-0.1, -0.05) is 19.9 Å². The highest BCUT2D eigenvalue weighted by Crippen LogP contribution is 2.38. The molecule has 0 bridgehead atoms. The molecule has 4 heterocycles. The number of esters is 1. The van der Waals surface area contributed by atoms with Crippen molar-refractivity contribution in [2.24, 2.45) is 13.0 Å². The monoisotopic (exact) mass is 1010 g/mol. The van der Waals surface area contributed by atoms with E-state index >= 15 is 8.78 Å². The van der Waals surface area contributed by atoms with E-state index < -0.39 is 71.3 Å². The average molecular weight is 1010 g/mol. The number of ether oxygens (including phenoxy) is 1. The minimum atomic E-state index is -1.39. The van der Waals surface area contributed by atoms with Crippen molar-refractivity contribution in [2.75, 3.05) is 31.6 Å². The summed E-state index contributed by atoms with van der Waals surface area (Å²) < 4.78 is 55.1. The highest BCUT2D eigenvalue weighted by atomic mass is 127. The number of aromatic hydroxyl groups is 2. The maximum atomic E-state index is 15.9. The van der Waals surface area contributed by atoms with Gasteiger partial charge in [-0.3, -0.25) is 37.8 Å². The third-order valence-electron chi connectivity index (χ3n) is 11.1. The molecule has 21 heteroatoms. The van der Waals surface area contributed by atoms with Gasteiger partial charge in [-0.2, -0.15) is 4.39 Å². The van der Waals surface area contributed by atoms with Crippen LogP contribution in [0.15, 0.2) is 64.4 Å². The van der Waals surface area contributed by atoms with Crippen molar-refractivity contribution in [2.45, 2.75) is 58.7 Å². The van der Waals surface area contributed by atoms with E-state index in [4.69, 9.17) is 4.74 Å². The Kier molecular flexibility index (Phi) is 13.9. The molecule has 65 heavy (non-hydrogen) atoms. The molecule has 6 aromatic rings. The fraction of sp³-hybridized carbons (Fsp3) is 0.341. The SMILES string of the molecule is CCNC(=O)c1nnc(-c2cc(C(C)C)c(O)cc2O)n1-c1ccc(CN2CCC(C(=O)OC[C@H](O)Cn3cnc4c(c(Nc5ccc(I)cc5F)c(F)c(=O)n4C)c3=O)CC2)c(F)c1. The van der Waals surface area contributed by atoms with Gasteiger partial charge in [0.05, 0.1) is 35.1 Å². The number of aryl methyl sites for hydroxylation is 1. The van der Waals surface area contributed by atoms with E-state index in [0.29, 0.717) is 40.6 Å². The van der Waals surface area contributed by atoms with Crippen molar-refractivity contribution in [3.8, 4) is 28.6 Å². The molecule has 0 spiro atoms. The highest BCUT2D eigenvalue weighted by molar-refractivity contribution is 14.1. The second-order valence-electron chi connectivity index (χ2n) is 15.9. The van der Waals surface area contributed by atoms with Crippen molar-refractivity contribution in [3.05, 3.63) is 114 Å². The van der Waals surface area contributed by atoms with E-state index in [1.165, 1.54) is 35.9 Å². The number of pyridine rings is 1. The topological polar surface area (TPSA) is 219 Å². The molecule has 0 radical (unpaired) electrons. The predicted octanol–water partition coefficient (Wildman–Crippen LogP) is 5.21. The van der Waals surface area contributed by atoms with Gasteiger partial charge in [0.25, 0.3) is 17.0 Å². The van der Waals surface area contributed by atoms with Crippen molar-refractivity contribution >= 4 is 56.9 Å². The molecule has 1 amide bonds. The number of hydrogen-bond acceptors (Lipinski definition) is 13. The van der Waals surface area contributed by atoms with E-state index in [9.17, 15) is 38.9 Å². The van der Waals surface area contributed by atoms with Crippen LogP contribution < -0.4 is 21.8 Å². The first-order valence-corrected chi connectivity index (χ1v) is 21.7. The molecule has 0 aliphatic carbocycles. The number of likely N-dealkylation sites (tertiary alicyclic amines) is 1. The number of rotatable bonds is 14. The van der Waals surface area contributed by atoms with Crippen LogP contribution in [0.25, 0.3) is 28.1 Å². The van der Waals surface area contributed by atoms with Crippen LogP contribution in [0.3, 0.4) is 0 Å². The number of fused-ring (bicyclic) bond motifs is 1.